The summed E-state index contributed by atoms with van der Waals surface area (Å²) in [7, 11) is 0. The van der Waals surface area contributed by atoms with Crippen molar-refractivity contribution in [3.8, 4) is 0 Å². The number of carbonyl (C=O) groups excluding carboxylic acids is 1. The molecule has 0 aliphatic rings. The number of aliphatic carboxylic acids is 3. The highest BCUT2D eigenvalue weighted by atomic mass is 16.4. The van der Waals surface area contributed by atoms with Crippen LogP contribution in [0.2, 0.25) is 0 Å². The van der Waals surface area contributed by atoms with Gasteiger partial charge in [0.05, 0.1) is 12.5 Å². The summed E-state index contributed by atoms with van der Waals surface area (Å²) in [5, 5.41) is 31.5. The van der Waals surface area contributed by atoms with Crippen molar-refractivity contribution in [1.29, 1.82) is 0 Å². The standard InChI is InChI=1S/C20H35NO6/c1-5-9-10-11-12-13-14-21(15(6-2)18(22)23,16(7-3)19(24)25)17(8-4)20(26)27/h10-11,15-17H,5-9,12-14H2,1-4H3,(H2-,22,23,24,25,26,27)/b11-10+. The monoisotopic (exact) mass is 385 g/mol. The average molecular weight is 386 g/mol. The van der Waals surface area contributed by atoms with E-state index in [1.54, 1.807) is 20.8 Å². The fraction of sp³-hybridized carbons (Fsp3) is 0.750. The van der Waals surface area contributed by atoms with Gasteiger partial charge in [-0.1, -0.05) is 46.3 Å². The molecule has 0 fully saturated rings. The Morgan fingerprint density at radius 1 is 0.852 bits per heavy atom. The topological polar surface area (TPSA) is 115 Å². The van der Waals surface area contributed by atoms with Crippen LogP contribution in [0.25, 0.3) is 0 Å². The van der Waals surface area contributed by atoms with E-state index < -0.39 is 40.5 Å². The summed E-state index contributed by atoms with van der Waals surface area (Å²) in [5.74, 6) is -3.73. The minimum Gasteiger partial charge on any atom is -0.544 e. The third-order valence-electron chi connectivity index (χ3n) is 5.28. The zero-order valence-electron chi connectivity index (χ0n) is 17.0. The quantitative estimate of drug-likeness (QED) is 0.254. The van der Waals surface area contributed by atoms with E-state index in [1.807, 2.05) is 12.2 Å². The van der Waals surface area contributed by atoms with E-state index >= 15 is 0 Å². The van der Waals surface area contributed by atoms with Crippen molar-refractivity contribution in [2.45, 2.75) is 90.8 Å². The molecule has 0 aliphatic carbocycles. The van der Waals surface area contributed by atoms with Gasteiger partial charge in [0.1, 0.15) is 6.04 Å². The minimum absolute atomic E-state index is 0.113. The van der Waals surface area contributed by atoms with Crippen LogP contribution in [0.1, 0.15) is 72.6 Å². The molecule has 0 spiro atoms. The lowest BCUT2D eigenvalue weighted by Gasteiger charge is -2.51. The molecule has 0 aromatic rings. The van der Waals surface area contributed by atoms with Crippen molar-refractivity contribution < 1.29 is 34.2 Å². The number of carboxylic acids is 3. The lowest BCUT2D eigenvalue weighted by atomic mass is 9.94. The van der Waals surface area contributed by atoms with Gasteiger partial charge >= 0.3 is 11.9 Å². The van der Waals surface area contributed by atoms with Crippen LogP contribution in [0.3, 0.4) is 0 Å². The number of hydrogen-bond donors (Lipinski definition) is 2. The first-order valence-electron chi connectivity index (χ1n) is 9.92. The lowest BCUT2D eigenvalue weighted by molar-refractivity contribution is -0.974. The zero-order valence-corrected chi connectivity index (χ0v) is 17.0. The molecule has 0 aliphatic heterocycles. The number of hydrogen-bond acceptors (Lipinski definition) is 4. The maximum atomic E-state index is 12.0. The first-order valence-corrected chi connectivity index (χ1v) is 9.92. The van der Waals surface area contributed by atoms with Crippen molar-refractivity contribution in [2.75, 3.05) is 6.54 Å². The minimum atomic E-state index is -1.39. The van der Waals surface area contributed by atoms with Gasteiger partial charge in [-0.3, -0.25) is 4.48 Å². The summed E-state index contributed by atoms with van der Waals surface area (Å²) in [6.07, 6.45) is 7.55. The molecule has 0 saturated heterocycles. The first kappa shape index (κ1) is 25.1. The number of quaternary nitrogens is 1. The number of rotatable bonds is 15. The predicted molar refractivity (Wildman–Crippen MR) is 101 cm³/mol. The summed E-state index contributed by atoms with van der Waals surface area (Å²) >= 11 is 0. The van der Waals surface area contributed by atoms with Gasteiger partial charge in [-0.25, -0.2) is 9.59 Å². The Morgan fingerprint density at radius 2 is 1.30 bits per heavy atom. The Labute approximate surface area is 162 Å². The second-order valence-electron chi connectivity index (χ2n) is 6.89. The molecule has 27 heavy (non-hydrogen) atoms. The summed E-state index contributed by atoms with van der Waals surface area (Å²) in [5.41, 5.74) is 0. The maximum Gasteiger partial charge on any atom is 0.362 e. The molecule has 0 saturated carbocycles. The molecule has 2 N–H and O–H groups in total. The normalized spacial score (nSPS) is 17.2. The van der Waals surface area contributed by atoms with Crippen molar-refractivity contribution in [2.24, 2.45) is 0 Å². The summed E-state index contributed by atoms with van der Waals surface area (Å²) in [6, 6.07) is -3.42. The van der Waals surface area contributed by atoms with Crippen LogP contribution >= 0.6 is 0 Å². The van der Waals surface area contributed by atoms with Crippen molar-refractivity contribution in [3.05, 3.63) is 12.2 Å². The van der Waals surface area contributed by atoms with Gasteiger partial charge in [-0.15, -0.1) is 0 Å². The van der Waals surface area contributed by atoms with Gasteiger partial charge < -0.3 is 20.1 Å². The van der Waals surface area contributed by atoms with E-state index in [0.29, 0.717) is 12.8 Å². The molecule has 0 rings (SSSR count). The smallest absolute Gasteiger partial charge is 0.362 e. The molecule has 0 aromatic heterocycles. The Morgan fingerprint density at radius 3 is 1.63 bits per heavy atom. The molecule has 3 atom stereocenters. The summed E-state index contributed by atoms with van der Waals surface area (Å²) in [6.45, 7) is 7.18. The van der Waals surface area contributed by atoms with E-state index in [9.17, 15) is 29.7 Å². The Bertz CT molecular complexity index is 462. The van der Waals surface area contributed by atoms with Gasteiger partial charge in [0, 0.05) is 25.7 Å². The highest BCUT2D eigenvalue weighted by Gasteiger charge is 2.53. The summed E-state index contributed by atoms with van der Waals surface area (Å²) < 4.78 is -0.502. The third kappa shape index (κ3) is 6.34. The van der Waals surface area contributed by atoms with E-state index in [1.165, 1.54) is 0 Å². The van der Waals surface area contributed by atoms with E-state index in [0.717, 1.165) is 12.8 Å². The van der Waals surface area contributed by atoms with E-state index in [4.69, 9.17) is 0 Å². The Hall–Kier alpha value is -1.89. The van der Waals surface area contributed by atoms with Crippen molar-refractivity contribution in [3.63, 3.8) is 0 Å². The van der Waals surface area contributed by atoms with Crippen LogP contribution < -0.4 is 5.11 Å². The Balaban J connectivity index is 6.17. The number of nitrogens with zero attached hydrogens (tertiary/aromatic N) is 1. The van der Waals surface area contributed by atoms with Crippen LogP contribution in [-0.2, 0) is 14.4 Å². The van der Waals surface area contributed by atoms with Gasteiger partial charge in [0.15, 0.2) is 12.1 Å². The molecule has 0 aromatic carbocycles. The third-order valence-corrected chi connectivity index (χ3v) is 5.28. The second-order valence-corrected chi connectivity index (χ2v) is 6.89. The molecule has 0 radical (unpaired) electrons. The van der Waals surface area contributed by atoms with Gasteiger partial charge in [-0.05, 0) is 12.8 Å². The fourth-order valence-corrected chi connectivity index (χ4v) is 4.15. The number of carbonyl (C=O) groups is 3. The van der Waals surface area contributed by atoms with Crippen LogP contribution in [-0.4, -0.2) is 57.3 Å². The van der Waals surface area contributed by atoms with Crippen molar-refractivity contribution >= 4 is 17.9 Å². The maximum absolute atomic E-state index is 12.0. The predicted octanol–water partition coefficient (Wildman–Crippen LogP) is 2.19. The van der Waals surface area contributed by atoms with Gasteiger partial charge in [0.25, 0.3) is 0 Å². The number of unbranched alkanes of at least 4 members (excludes halogenated alkanes) is 2. The zero-order chi connectivity index (χ0) is 21.0. The molecule has 7 heteroatoms. The average Bonchev–Trinajstić information content (AvgIpc) is 2.58. The molecular formula is C20H35NO6. The Kier molecular flexibility index (Phi) is 11.6. The van der Waals surface area contributed by atoms with Crippen LogP contribution in [0.15, 0.2) is 12.2 Å². The van der Waals surface area contributed by atoms with Gasteiger partial charge in [0.2, 0.25) is 0 Å². The number of allylic oxidation sites excluding steroid dienone is 2. The molecule has 0 bridgehead atoms. The number of carboxylic acid groups (broad SMARTS) is 3. The molecule has 3 unspecified atom stereocenters. The summed E-state index contributed by atoms with van der Waals surface area (Å²) in [4.78, 5) is 35.9. The molecule has 156 valence electrons. The van der Waals surface area contributed by atoms with Crippen LogP contribution in [0.4, 0.5) is 0 Å². The SMILES string of the molecule is CCC/C=C/CCC[N+](C(CC)C(=O)[O-])(C(CC)C(=O)O)C(CC)C(=O)O. The largest absolute Gasteiger partial charge is 0.544 e. The molecule has 0 amide bonds. The first-order chi connectivity index (χ1) is 12.7. The second kappa shape index (κ2) is 12.5. The van der Waals surface area contributed by atoms with Crippen molar-refractivity contribution in [1.82, 2.24) is 0 Å². The lowest BCUT2D eigenvalue weighted by Crippen LogP contribution is -2.73. The highest BCUT2D eigenvalue weighted by molar-refractivity contribution is 5.77. The molecular weight excluding hydrogens is 350 g/mol. The van der Waals surface area contributed by atoms with E-state index in [2.05, 4.69) is 6.92 Å². The van der Waals surface area contributed by atoms with Crippen LogP contribution in [0, 0.1) is 0 Å². The molecule has 7 nitrogen and oxygen atoms in total. The fourth-order valence-electron chi connectivity index (χ4n) is 4.15. The van der Waals surface area contributed by atoms with Gasteiger partial charge in [-0.2, -0.15) is 0 Å². The van der Waals surface area contributed by atoms with E-state index in [-0.39, 0.29) is 25.8 Å². The molecule has 0 heterocycles. The highest BCUT2D eigenvalue weighted by Crippen LogP contribution is 2.32. The van der Waals surface area contributed by atoms with Crippen LogP contribution in [0.5, 0.6) is 0 Å².